The Labute approximate surface area is 505 Å². The Kier molecular flexibility index (Phi) is 19.6. The molecule has 2 saturated heterocycles. The van der Waals surface area contributed by atoms with Gasteiger partial charge in [0.15, 0.2) is 24.0 Å². The molecule has 0 aliphatic carbocycles. The number of rotatable bonds is 24. The van der Waals surface area contributed by atoms with E-state index in [4.69, 9.17) is 28.4 Å². The maximum absolute atomic E-state index is 15.3. The first-order valence-corrected chi connectivity index (χ1v) is 30.4. The molecular formula is C58H64N10O18S2. The minimum Gasteiger partial charge on any atom is -0.458 e. The predicted octanol–water partition coefficient (Wildman–Crippen LogP) is 5.03. The number of esters is 2. The average molecular weight is 1250 g/mol. The van der Waals surface area contributed by atoms with Gasteiger partial charge in [0, 0.05) is 50.2 Å². The van der Waals surface area contributed by atoms with Crippen LogP contribution in [0, 0.1) is 20.2 Å². The van der Waals surface area contributed by atoms with Crippen molar-refractivity contribution in [3.05, 3.63) is 176 Å². The summed E-state index contributed by atoms with van der Waals surface area (Å²) in [7, 11) is -3.37. The molecule has 2 aliphatic rings. The Morgan fingerprint density at radius 2 is 0.898 bits per heavy atom. The fraction of sp³-hybridized carbons (Fsp3) is 0.379. The third-order valence-electron chi connectivity index (χ3n) is 15.4. The van der Waals surface area contributed by atoms with Crippen LogP contribution in [0.1, 0.15) is 58.8 Å². The molecule has 2 N–H and O–H groups in total. The van der Waals surface area contributed by atoms with Gasteiger partial charge in [-0.05, 0) is 102 Å². The first-order chi connectivity index (χ1) is 41.9. The Bertz CT molecular complexity index is 3660. The number of hydrogen-bond acceptors (Lipinski definition) is 24. The number of likely N-dealkylation sites (N-methyl/N-ethyl adjacent to an activating group) is 2. The third kappa shape index (κ3) is 13.4. The van der Waals surface area contributed by atoms with Crippen molar-refractivity contribution in [3.63, 3.8) is 0 Å². The number of aliphatic hydroxyl groups is 2. The number of nitrogens with zero attached hydrogens (tertiary/aromatic N) is 10. The molecular weight excluding hydrogens is 1190 g/mol. The van der Waals surface area contributed by atoms with E-state index in [2.05, 4.69) is 19.9 Å². The summed E-state index contributed by atoms with van der Waals surface area (Å²) in [6.07, 6.45) is -6.00. The summed E-state index contributed by atoms with van der Waals surface area (Å²) >= 11 is 0. The van der Waals surface area contributed by atoms with Gasteiger partial charge >= 0.3 is 11.9 Å². The predicted molar refractivity (Wildman–Crippen MR) is 312 cm³/mol. The molecule has 0 unspecified atom stereocenters. The van der Waals surface area contributed by atoms with Crippen LogP contribution >= 0.6 is 0 Å². The van der Waals surface area contributed by atoms with Crippen molar-refractivity contribution >= 4 is 65.4 Å². The zero-order chi connectivity index (χ0) is 63.3. The normalized spacial score (nSPS) is 22.5. The van der Waals surface area contributed by atoms with Crippen molar-refractivity contribution in [2.45, 2.75) is 97.9 Å². The van der Waals surface area contributed by atoms with Crippen molar-refractivity contribution in [2.24, 2.45) is 0 Å². The first-order valence-electron chi connectivity index (χ1n) is 27.5. The highest BCUT2D eigenvalue weighted by Gasteiger charge is 2.59. The summed E-state index contributed by atoms with van der Waals surface area (Å²) in [5, 5.41) is 48.0. The average Bonchev–Trinajstić information content (AvgIpc) is 0.759. The molecule has 2 aromatic heterocycles. The minimum absolute atomic E-state index is 0.0465. The highest BCUT2D eigenvalue weighted by Crippen LogP contribution is 2.43. The molecule has 5 aromatic carbocycles. The number of sulfonamides is 2. The summed E-state index contributed by atoms with van der Waals surface area (Å²) in [6.45, 7) is 0.998. The largest absolute Gasteiger partial charge is 0.458 e. The molecule has 0 amide bonds. The van der Waals surface area contributed by atoms with Gasteiger partial charge in [0.05, 0.1) is 79.5 Å². The van der Waals surface area contributed by atoms with E-state index in [0.29, 0.717) is 33.2 Å². The third-order valence-corrected chi connectivity index (χ3v) is 19.2. The van der Waals surface area contributed by atoms with Crippen molar-refractivity contribution in [1.82, 2.24) is 38.3 Å². The quantitative estimate of drug-likeness (QED) is 0.0263. The van der Waals surface area contributed by atoms with Gasteiger partial charge in [-0.1, -0.05) is 48.5 Å². The zero-order valence-electron chi connectivity index (χ0n) is 48.5. The maximum Gasteiger partial charge on any atom is 0.358 e. The van der Waals surface area contributed by atoms with Crippen LogP contribution in [0.5, 0.6) is 0 Å². The number of ether oxygens (including phenoxy) is 6. The van der Waals surface area contributed by atoms with Gasteiger partial charge in [-0.2, -0.15) is 8.61 Å². The van der Waals surface area contributed by atoms with Crippen molar-refractivity contribution in [1.29, 1.82) is 0 Å². The molecule has 0 radical (unpaired) electrons. The summed E-state index contributed by atoms with van der Waals surface area (Å²) in [4.78, 5) is 67.5. The second-order valence-electron chi connectivity index (χ2n) is 21.2. The van der Waals surface area contributed by atoms with E-state index < -0.39 is 103 Å². The van der Waals surface area contributed by atoms with Crippen LogP contribution in [0.2, 0.25) is 0 Å². The molecule has 88 heavy (non-hydrogen) atoms. The van der Waals surface area contributed by atoms with Crippen molar-refractivity contribution in [3.8, 4) is 0 Å². The first kappa shape index (κ1) is 64.5. The Morgan fingerprint density at radius 3 is 1.23 bits per heavy atom. The summed E-state index contributed by atoms with van der Waals surface area (Å²) in [5.74, 6) is -1.56. The molecule has 466 valence electrons. The van der Waals surface area contributed by atoms with Crippen LogP contribution in [-0.2, 0) is 61.6 Å². The van der Waals surface area contributed by atoms with Crippen LogP contribution in [0.3, 0.4) is 0 Å². The lowest BCUT2D eigenvalue weighted by molar-refractivity contribution is -0.385. The van der Waals surface area contributed by atoms with Gasteiger partial charge in [-0.15, -0.1) is 0 Å². The minimum atomic E-state index is -4.78. The highest BCUT2D eigenvalue weighted by atomic mass is 32.2. The molecule has 30 heteroatoms. The monoisotopic (exact) mass is 1250 g/mol. The summed E-state index contributed by atoms with van der Waals surface area (Å²) < 4.78 is 98.5. The SMILES string of the molecule is C[C@H]1O[C@H](OCCOC(=O)c2cnc3ccccc3n2)C[C@](N(C)C)(N(Cc2ccc(CN([C@@]3(N(C)C)C[C@@H](OCCOC(=O)c4cnc5ccccc5n4)O[C@H](C)[C@H]3O)S(=O)(=O)c3ccc([N+](=O)[O-])cc3)cc2)S(=O)(=O)c2ccc([N+](=O)[O-])cc2)[C@@H]1O. The molecule has 2 aliphatic heterocycles. The summed E-state index contributed by atoms with van der Waals surface area (Å²) in [5.41, 5.74) is -1.97. The number of aromatic nitrogens is 4. The molecule has 0 spiro atoms. The lowest BCUT2D eigenvalue weighted by Gasteiger charge is -2.55. The van der Waals surface area contributed by atoms with Gasteiger partial charge in [0.1, 0.15) is 36.7 Å². The van der Waals surface area contributed by atoms with E-state index in [1.165, 1.54) is 60.3 Å². The van der Waals surface area contributed by atoms with Crippen molar-refractivity contribution in [2.75, 3.05) is 54.6 Å². The molecule has 28 nitrogen and oxygen atoms in total. The number of carbonyl (C=O) groups excluding carboxylic acids is 2. The fourth-order valence-electron chi connectivity index (χ4n) is 10.8. The number of para-hydroxylation sites is 4. The molecule has 4 heterocycles. The van der Waals surface area contributed by atoms with E-state index in [1.54, 1.807) is 76.7 Å². The van der Waals surface area contributed by atoms with Gasteiger partial charge in [0.2, 0.25) is 20.0 Å². The summed E-state index contributed by atoms with van der Waals surface area (Å²) in [6, 6.07) is 28.5. The Balaban J connectivity index is 1.00. The number of hydrogen-bond donors (Lipinski definition) is 2. The lowest BCUT2D eigenvalue weighted by atomic mass is 9.89. The number of benzene rings is 5. The Hall–Kier alpha value is -7.98. The molecule has 7 aromatic rings. The second kappa shape index (κ2) is 26.8. The number of non-ortho nitro benzene ring substituents is 2. The van der Waals surface area contributed by atoms with Crippen LogP contribution in [0.15, 0.2) is 144 Å². The van der Waals surface area contributed by atoms with Crippen molar-refractivity contribution < 1.29 is 74.9 Å². The number of aliphatic hydroxyl groups excluding tert-OH is 2. The number of carbonyl (C=O) groups is 2. The zero-order valence-corrected chi connectivity index (χ0v) is 50.2. The Morgan fingerprint density at radius 1 is 0.557 bits per heavy atom. The lowest BCUT2D eigenvalue weighted by Crippen LogP contribution is -2.72. The number of nitro groups is 2. The standard InChI is InChI=1S/C58H64N10O18S2/c1-37-53(69)57(63(3)4,31-51(85-37)81-27-29-83-55(71)49-33-59-45-11-7-9-13-47(45)61-49)65(87(77,78)43-23-19-41(20-24-43)67(73)74)35-39-15-17-40(18-16-39)36-66(88(79,80)44-25-21-42(22-26-44)68(75)76)58(64(5)6)32-52(86-38(2)54(58)70)82-28-30-84-56(72)50-34-60-46-12-8-10-14-48(46)62-50/h7-26,33-34,37-38,51-54,69-70H,27-32,35-36H2,1-6H3/t37-,38-,51+,52+,53-,54-,57+,58+/m1/s1. The van der Waals surface area contributed by atoms with E-state index in [0.717, 1.165) is 57.1 Å². The maximum atomic E-state index is 15.3. The van der Waals surface area contributed by atoms with Gasteiger partial charge in [-0.25, -0.2) is 36.4 Å². The molecule has 2 fully saturated rings. The highest BCUT2D eigenvalue weighted by molar-refractivity contribution is 7.89. The second-order valence-corrected chi connectivity index (χ2v) is 25.0. The van der Waals surface area contributed by atoms with E-state index in [9.17, 15) is 40.0 Å². The number of nitro benzene ring substituents is 2. The molecule has 0 saturated carbocycles. The van der Waals surface area contributed by atoms with Crippen LogP contribution < -0.4 is 0 Å². The topological polar surface area (TPSA) is 349 Å². The molecule has 8 atom stereocenters. The van der Waals surface area contributed by atoms with Crippen LogP contribution in [0.25, 0.3) is 22.1 Å². The van der Waals surface area contributed by atoms with Crippen LogP contribution in [-0.4, -0.2) is 190 Å². The van der Waals surface area contributed by atoms with E-state index >= 15 is 16.8 Å². The fourth-order valence-corrected chi connectivity index (χ4v) is 14.4. The van der Waals surface area contributed by atoms with Crippen LogP contribution in [0.4, 0.5) is 11.4 Å². The molecule has 0 bridgehead atoms. The smallest absolute Gasteiger partial charge is 0.358 e. The van der Waals surface area contributed by atoms with E-state index in [-0.39, 0.29) is 71.8 Å². The van der Waals surface area contributed by atoms with Gasteiger partial charge < -0.3 is 38.6 Å². The van der Waals surface area contributed by atoms with E-state index in [1.807, 2.05) is 0 Å². The van der Waals surface area contributed by atoms with Gasteiger partial charge in [-0.3, -0.25) is 40.0 Å². The molecule has 9 rings (SSSR count). The van der Waals surface area contributed by atoms with Gasteiger partial charge in [0.25, 0.3) is 11.4 Å². The number of fused-ring (bicyclic) bond motifs is 2.